The number of hydrogen-bond acceptors (Lipinski definition) is 4. The van der Waals surface area contributed by atoms with Crippen molar-refractivity contribution < 1.29 is 22.4 Å². The second-order valence-electron chi connectivity index (χ2n) is 7.03. The molecule has 0 spiro atoms. The number of nitrogens with zero attached hydrogens (tertiary/aromatic N) is 3. The minimum absolute atomic E-state index is 0.0211. The molecule has 2 heterocycles. The Morgan fingerprint density at radius 3 is 2.32 bits per heavy atom. The molecule has 1 atom stereocenters. The van der Waals surface area contributed by atoms with Gasteiger partial charge in [0.1, 0.15) is 11.6 Å². The molecule has 9 heteroatoms. The van der Waals surface area contributed by atoms with Crippen molar-refractivity contribution in [3.05, 3.63) is 89.2 Å². The fraction of sp³-hybridized carbons (Fsp3) is 0.136. The fourth-order valence-corrected chi connectivity index (χ4v) is 3.60. The molecule has 3 aromatic rings. The van der Waals surface area contributed by atoms with Gasteiger partial charge in [-0.3, -0.25) is 14.7 Å². The number of carbonyl (C=O) groups excluding carboxylic acids is 1. The van der Waals surface area contributed by atoms with E-state index in [9.17, 15) is 22.4 Å². The van der Waals surface area contributed by atoms with Crippen LogP contribution in [0.25, 0.3) is 11.1 Å². The third-order valence-corrected chi connectivity index (χ3v) is 5.22. The van der Waals surface area contributed by atoms with Crippen LogP contribution in [0.1, 0.15) is 23.1 Å². The third-order valence-electron chi connectivity index (χ3n) is 5.22. The van der Waals surface area contributed by atoms with Crippen molar-refractivity contribution in [3.63, 3.8) is 0 Å². The molecule has 0 saturated heterocycles. The smallest absolute Gasteiger partial charge is 0.266 e. The van der Waals surface area contributed by atoms with Crippen LogP contribution in [0.5, 0.6) is 0 Å². The molecule has 1 aliphatic heterocycles. The van der Waals surface area contributed by atoms with Crippen LogP contribution in [0.15, 0.2) is 65.9 Å². The Labute approximate surface area is 174 Å². The number of alkyl halides is 2. The van der Waals surface area contributed by atoms with Crippen LogP contribution in [-0.2, 0) is 10.3 Å². The quantitative estimate of drug-likeness (QED) is 0.639. The molecule has 0 radical (unpaired) electrons. The van der Waals surface area contributed by atoms with Crippen molar-refractivity contribution in [1.29, 1.82) is 0 Å². The van der Waals surface area contributed by atoms with Gasteiger partial charge in [-0.2, -0.15) is 0 Å². The highest BCUT2D eigenvalue weighted by atomic mass is 19.3. The van der Waals surface area contributed by atoms with Crippen LogP contribution >= 0.6 is 0 Å². The third kappa shape index (κ3) is 3.22. The second-order valence-corrected chi connectivity index (χ2v) is 7.03. The number of aliphatic imine (C=N–C) groups is 1. The molecule has 158 valence electrons. The SMILES string of the molecule is CN1C(=O)C(c2cncc(C(F)F)c2)(c2ccc(F)c(-c3ccccc3F)c2)N=C1N. The van der Waals surface area contributed by atoms with E-state index < -0.39 is 35.1 Å². The molecule has 1 aromatic heterocycles. The van der Waals surface area contributed by atoms with E-state index in [2.05, 4.69) is 9.98 Å². The van der Waals surface area contributed by atoms with E-state index in [-0.39, 0.29) is 28.2 Å². The number of aromatic nitrogens is 1. The Balaban J connectivity index is 1.99. The summed E-state index contributed by atoms with van der Waals surface area (Å²) in [6.45, 7) is 0. The first-order chi connectivity index (χ1) is 14.8. The number of nitrogens with two attached hydrogens (primary N) is 1. The van der Waals surface area contributed by atoms with Gasteiger partial charge >= 0.3 is 0 Å². The van der Waals surface area contributed by atoms with E-state index in [1.165, 1.54) is 43.6 Å². The highest BCUT2D eigenvalue weighted by Gasteiger charge is 2.50. The summed E-state index contributed by atoms with van der Waals surface area (Å²) >= 11 is 0. The van der Waals surface area contributed by atoms with Gasteiger partial charge in [0, 0.05) is 41.7 Å². The number of benzene rings is 2. The highest BCUT2D eigenvalue weighted by molar-refractivity contribution is 6.09. The number of halogens is 4. The van der Waals surface area contributed by atoms with Crippen molar-refractivity contribution in [3.8, 4) is 11.1 Å². The topological polar surface area (TPSA) is 71.6 Å². The molecular formula is C22H16F4N4O. The molecule has 2 aromatic carbocycles. The van der Waals surface area contributed by atoms with E-state index in [1.54, 1.807) is 6.07 Å². The number of rotatable bonds is 4. The fourth-order valence-electron chi connectivity index (χ4n) is 3.60. The zero-order valence-electron chi connectivity index (χ0n) is 16.2. The summed E-state index contributed by atoms with van der Waals surface area (Å²) in [5.41, 5.74) is 3.63. The monoisotopic (exact) mass is 428 g/mol. The average molecular weight is 428 g/mol. The predicted octanol–water partition coefficient (Wildman–Crippen LogP) is 3.99. The summed E-state index contributed by atoms with van der Waals surface area (Å²) in [6, 6.07) is 10.3. The van der Waals surface area contributed by atoms with Gasteiger partial charge < -0.3 is 5.73 Å². The van der Waals surface area contributed by atoms with E-state index in [4.69, 9.17) is 5.73 Å². The van der Waals surface area contributed by atoms with Crippen LogP contribution in [0.3, 0.4) is 0 Å². The molecular weight excluding hydrogens is 412 g/mol. The predicted molar refractivity (Wildman–Crippen MR) is 106 cm³/mol. The number of likely N-dealkylation sites (N-methyl/N-ethyl adjacent to an activating group) is 1. The lowest BCUT2D eigenvalue weighted by Crippen LogP contribution is -2.41. The zero-order valence-corrected chi connectivity index (χ0v) is 16.2. The first-order valence-electron chi connectivity index (χ1n) is 9.17. The maximum Gasteiger partial charge on any atom is 0.266 e. The maximum atomic E-state index is 14.6. The Morgan fingerprint density at radius 2 is 1.68 bits per heavy atom. The van der Waals surface area contributed by atoms with Crippen molar-refractivity contribution >= 4 is 11.9 Å². The van der Waals surface area contributed by atoms with Crippen LogP contribution in [-0.4, -0.2) is 28.8 Å². The number of hydrogen-bond donors (Lipinski definition) is 1. The number of pyridine rings is 1. The van der Waals surface area contributed by atoms with Gasteiger partial charge in [-0.15, -0.1) is 0 Å². The molecule has 5 nitrogen and oxygen atoms in total. The van der Waals surface area contributed by atoms with Gasteiger partial charge in [0.05, 0.1) is 0 Å². The minimum atomic E-state index is -2.83. The Kier molecular flexibility index (Phi) is 4.96. The van der Waals surface area contributed by atoms with E-state index in [1.807, 2.05) is 0 Å². The molecule has 4 rings (SSSR count). The van der Waals surface area contributed by atoms with Gasteiger partial charge in [0.25, 0.3) is 12.3 Å². The van der Waals surface area contributed by atoms with Crippen molar-refractivity contribution in [2.45, 2.75) is 12.0 Å². The second kappa shape index (κ2) is 7.50. The lowest BCUT2D eigenvalue weighted by Gasteiger charge is -2.26. The number of carbonyl (C=O) groups is 1. The normalized spacial score (nSPS) is 18.6. The molecule has 0 aliphatic carbocycles. The molecule has 1 amide bonds. The summed E-state index contributed by atoms with van der Waals surface area (Å²) in [5, 5.41) is 0. The van der Waals surface area contributed by atoms with Gasteiger partial charge in [-0.05, 0) is 29.8 Å². The van der Waals surface area contributed by atoms with Crippen LogP contribution in [0.2, 0.25) is 0 Å². The van der Waals surface area contributed by atoms with Crippen molar-refractivity contribution in [2.75, 3.05) is 7.05 Å². The van der Waals surface area contributed by atoms with Gasteiger partial charge in [0.15, 0.2) is 11.5 Å². The van der Waals surface area contributed by atoms with Crippen LogP contribution in [0, 0.1) is 11.6 Å². The zero-order chi connectivity index (χ0) is 22.3. The summed E-state index contributed by atoms with van der Waals surface area (Å²) in [7, 11) is 1.38. The summed E-state index contributed by atoms with van der Waals surface area (Å²) < 4.78 is 55.6. The summed E-state index contributed by atoms with van der Waals surface area (Å²) in [6.07, 6.45) is -0.624. The van der Waals surface area contributed by atoms with E-state index in [0.717, 1.165) is 23.2 Å². The summed E-state index contributed by atoms with van der Waals surface area (Å²) in [5.74, 6) is -2.17. The van der Waals surface area contributed by atoms with Crippen molar-refractivity contribution in [1.82, 2.24) is 9.88 Å². The number of amides is 1. The first kappa shape index (κ1) is 20.5. The van der Waals surface area contributed by atoms with Gasteiger partial charge in [0.2, 0.25) is 0 Å². The molecule has 0 saturated carbocycles. The molecule has 0 fully saturated rings. The molecule has 0 bridgehead atoms. The largest absolute Gasteiger partial charge is 0.369 e. The molecule has 1 unspecified atom stereocenters. The number of guanidine groups is 1. The molecule has 2 N–H and O–H groups in total. The van der Waals surface area contributed by atoms with Gasteiger partial charge in [-0.25, -0.2) is 22.6 Å². The van der Waals surface area contributed by atoms with Gasteiger partial charge in [-0.1, -0.05) is 24.3 Å². The standard InChI is InChI=1S/C22H16F4N4O/c1-30-20(31)22(29-21(30)27,14-8-12(19(25)26)10-28-11-14)13-6-7-18(24)16(9-13)15-4-2-3-5-17(15)23/h2-11,19H,1H3,(H2,27,29). The lowest BCUT2D eigenvalue weighted by molar-refractivity contribution is -0.129. The minimum Gasteiger partial charge on any atom is -0.369 e. The van der Waals surface area contributed by atoms with E-state index in [0.29, 0.717) is 0 Å². The van der Waals surface area contributed by atoms with Crippen LogP contribution < -0.4 is 5.73 Å². The van der Waals surface area contributed by atoms with Crippen LogP contribution in [0.4, 0.5) is 17.6 Å². The lowest BCUT2D eigenvalue weighted by atomic mass is 9.82. The first-order valence-corrected chi connectivity index (χ1v) is 9.17. The van der Waals surface area contributed by atoms with Crippen molar-refractivity contribution in [2.24, 2.45) is 10.7 Å². The summed E-state index contributed by atoms with van der Waals surface area (Å²) in [4.78, 5) is 22.4. The highest BCUT2D eigenvalue weighted by Crippen LogP contribution is 2.41. The maximum absolute atomic E-state index is 14.6. The molecule has 31 heavy (non-hydrogen) atoms. The molecule has 1 aliphatic rings. The van der Waals surface area contributed by atoms with E-state index >= 15 is 0 Å². The Bertz CT molecular complexity index is 1210. The average Bonchev–Trinajstić information content (AvgIpc) is 2.99. The Morgan fingerprint density at radius 1 is 0.968 bits per heavy atom. The Hall–Kier alpha value is -3.75.